The molecule has 0 saturated carbocycles. The van der Waals surface area contributed by atoms with E-state index in [4.69, 9.17) is 0 Å². The van der Waals surface area contributed by atoms with Gasteiger partial charge in [0.25, 0.3) is 0 Å². The molecule has 0 bridgehead atoms. The minimum atomic E-state index is -0.168. The van der Waals surface area contributed by atoms with Crippen LogP contribution in [0.4, 0.5) is 4.39 Å². The number of halogens is 2. The predicted octanol–water partition coefficient (Wildman–Crippen LogP) is 5.76. The van der Waals surface area contributed by atoms with Gasteiger partial charge in [0.2, 0.25) is 0 Å². The van der Waals surface area contributed by atoms with E-state index in [0.29, 0.717) is 0 Å². The molecular formula is C16H15BrFNS2. The third-order valence-corrected chi connectivity index (χ3v) is 6.19. The molecule has 21 heavy (non-hydrogen) atoms. The van der Waals surface area contributed by atoms with E-state index < -0.39 is 0 Å². The van der Waals surface area contributed by atoms with Crippen molar-refractivity contribution in [1.29, 1.82) is 0 Å². The Morgan fingerprint density at radius 1 is 1.19 bits per heavy atom. The zero-order chi connectivity index (χ0) is 14.8. The number of rotatable bonds is 5. The van der Waals surface area contributed by atoms with Gasteiger partial charge in [-0.1, -0.05) is 13.0 Å². The van der Waals surface area contributed by atoms with Gasteiger partial charge in [-0.3, -0.25) is 0 Å². The molecule has 0 aliphatic carbocycles. The lowest BCUT2D eigenvalue weighted by molar-refractivity contribution is 0.562. The Balaban J connectivity index is 1.90. The second kappa shape index (κ2) is 6.57. The van der Waals surface area contributed by atoms with Gasteiger partial charge in [-0.05, 0) is 58.2 Å². The van der Waals surface area contributed by atoms with Gasteiger partial charge in [0.05, 0.1) is 3.79 Å². The lowest BCUT2D eigenvalue weighted by Gasteiger charge is -2.15. The highest BCUT2D eigenvalue weighted by atomic mass is 79.9. The van der Waals surface area contributed by atoms with Crippen LogP contribution in [0.2, 0.25) is 0 Å². The van der Waals surface area contributed by atoms with Gasteiger partial charge in [0.15, 0.2) is 0 Å². The maximum Gasteiger partial charge on any atom is 0.124 e. The molecule has 0 saturated heterocycles. The number of fused-ring (bicyclic) bond motifs is 1. The molecule has 1 unspecified atom stereocenters. The van der Waals surface area contributed by atoms with Crippen molar-refractivity contribution >= 4 is 48.7 Å². The Kier molecular flexibility index (Phi) is 4.74. The predicted molar refractivity (Wildman–Crippen MR) is 93.9 cm³/mol. The molecule has 0 fully saturated rings. The van der Waals surface area contributed by atoms with Gasteiger partial charge >= 0.3 is 0 Å². The molecule has 0 aliphatic rings. The average Bonchev–Trinajstić information content (AvgIpc) is 3.04. The third kappa shape index (κ3) is 3.54. The largest absolute Gasteiger partial charge is 0.309 e. The van der Waals surface area contributed by atoms with Crippen LogP contribution in [-0.4, -0.2) is 6.54 Å². The summed E-state index contributed by atoms with van der Waals surface area (Å²) in [6.07, 6.45) is 0.958. The van der Waals surface area contributed by atoms with Gasteiger partial charge in [-0.15, -0.1) is 22.7 Å². The molecule has 3 aromatic rings. The fraction of sp³-hybridized carbons (Fsp3) is 0.250. The van der Waals surface area contributed by atoms with E-state index in [1.54, 1.807) is 28.7 Å². The molecule has 5 heteroatoms. The molecule has 0 aliphatic heterocycles. The maximum atomic E-state index is 13.3. The van der Waals surface area contributed by atoms with Gasteiger partial charge in [0.1, 0.15) is 5.82 Å². The molecule has 110 valence electrons. The topological polar surface area (TPSA) is 12.0 Å². The van der Waals surface area contributed by atoms with Crippen LogP contribution in [0.1, 0.15) is 22.7 Å². The summed E-state index contributed by atoms with van der Waals surface area (Å²) in [5, 5.41) is 4.66. The Bertz CT molecular complexity index is 750. The zero-order valence-corrected chi connectivity index (χ0v) is 14.7. The Hall–Kier alpha value is -0.750. The van der Waals surface area contributed by atoms with Crippen molar-refractivity contribution in [2.75, 3.05) is 6.54 Å². The zero-order valence-electron chi connectivity index (χ0n) is 11.5. The van der Waals surface area contributed by atoms with E-state index in [-0.39, 0.29) is 11.9 Å². The van der Waals surface area contributed by atoms with Crippen molar-refractivity contribution in [3.05, 3.63) is 55.8 Å². The quantitative estimate of drug-likeness (QED) is 0.590. The lowest BCUT2D eigenvalue weighted by Crippen LogP contribution is -2.21. The van der Waals surface area contributed by atoms with Crippen LogP contribution < -0.4 is 5.32 Å². The van der Waals surface area contributed by atoms with E-state index in [9.17, 15) is 4.39 Å². The summed E-state index contributed by atoms with van der Waals surface area (Å²) in [6.45, 7) is 3.03. The van der Waals surface area contributed by atoms with Gasteiger partial charge in [-0.2, -0.15) is 0 Å². The van der Waals surface area contributed by atoms with E-state index in [2.05, 4.69) is 46.4 Å². The Morgan fingerprint density at radius 3 is 2.76 bits per heavy atom. The number of hydrogen-bond acceptors (Lipinski definition) is 3. The van der Waals surface area contributed by atoms with Crippen molar-refractivity contribution < 1.29 is 4.39 Å². The van der Waals surface area contributed by atoms with Crippen LogP contribution in [0.3, 0.4) is 0 Å². The maximum absolute atomic E-state index is 13.3. The first kappa shape index (κ1) is 15.2. The summed E-state index contributed by atoms with van der Waals surface area (Å²) < 4.78 is 15.5. The molecule has 1 N–H and O–H groups in total. The molecule has 0 amide bonds. The van der Waals surface area contributed by atoms with Gasteiger partial charge in [-0.25, -0.2) is 4.39 Å². The molecule has 0 spiro atoms. The van der Waals surface area contributed by atoms with Gasteiger partial charge < -0.3 is 5.32 Å². The summed E-state index contributed by atoms with van der Waals surface area (Å²) >= 11 is 6.96. The van der Waals surface area contributed by atoms with Crippen LogP contribution in [0.5, 0.6) is 0 Å². The van der Waals surface area contributed by atoms with Crippen molar-refractivity contribution in [3.63, 3.8) is 0 Å². The monoisotopic (exact) mass is 383 g/mol. The molecule has 3 rings (SSSR count). The molecule has 1 aromatic carbocycles. The highest BCUT2D eigenvalue weighted by Gasteiger charge is 2.15. The standard InChI is InChI=1S/C16H15BrFNS2/c1-2-19-13(9-12-5-6-16(17)20-12)15-7-10-3-4-11(18)8-14(10)21-15/h3-8,13,19H,2,9H2,1H3. The fourth-order valence-corrected chi connectivity index (χ4v) is 5.07. The average molecular weight is 384 g/mol. The van der Waals surface area contributed by atoms with Crippen LogP contribution in [0.25, 0.3) is 10.1 Å². The van der Waals surface area contributed by atoms with Crippen LogP contribution in [0.15, 0.2) is 40.2 Å². The summed E-state index contributed by atoms with van der Waals surface area (Å²) in [5.74, 6) is -0.168. The molecule has 1 atom stereocenters. The second-order valence-electron chi connectivity index (χ2n) is 4.85. The van der Waals surface area contributed by atoms with Crippen LogP contribution in [-0.2, 0) is 6.42 Å². The van der Waals surface area contributed by atoms with Crippen molar-refractivity contribution in [1.82, 2.24) is 5.32 Å². The van der Waals surface area contributed by atoms with Crippen molar-refractivity contribution in [3.8, 4) is 0 Å². The molecule has 1 nitrogen and oxygen atoms in total. The molecule has 2 heterocycles. The summed E-state index contributed by atoms with van der Waals surface area (Å²) in [4.78, 5) is 2.61. The third-order valence-electron chi connectivity index (χ3n) is 3.33. The van der Waals surface area contributed by atoms with Crippen LogP contribution in [0, 0.1) is 5.82 Å². The number of hydrogen-bond donors (Lipinski definition) is 1. The fourth-order valence-electron chi connectivity index (χ4n) is 2.38. The summed E-state index contributed by atoms with van der Waals surface area (Å²) in [6, 6.07) is 11.7. The highest BCUT2D eigenvalue weighted by Crippen LogP contribution is 2.33. The minimum Gasteiger partial charge on any atom is -0.309 e. The first-order valence-electron chi connectivity index (χ1n) is 6.82. The van der Waals surface area contributed by atoms with Crippen molar-refractivity contribution in [2.45, 2.75) is 19.4 Å². The Morgan fingerprint density at radius 2 is 2.05 bits per heavy atom. The minimum absolute atomic E-state index is 0.168. The number of nitrogens with one attached hydrogen (secondary N) is 1. The van der Waals surface area contributed by atoms with E-state index in [1.165, 1.54) is 15.8 Å². The van der Waals surface area contributed by atoms with E-state index in [1.807, 2.05) is 6.07 Å². The number of likely N-dealkylation sites (N-methyl/N-ethyl adjacent to an activating group) is 1. The van der Waals surface area contributed by atoms with Gasteiger partial charge in [0, 0.05) is 26.9 Å². The molecule has 0 radical (unpaired) electrons. The lowest BCUT2D eigenvalue weighted by atomic mass is 10.1. The molecule has 2 aromatic heterocycles. The summed E-state index contributed by atoms with van der Waals surface area (Å²) in [7, 11) is 0. The van der Waals surface area contributed by atoms with E-state index in [0.717, 1.165) is 26.8 Å². The SMILES string of the molecule is CCNC(Cc1ccc(Br)s1)c1cc2ccc(F)cc2s1. The second-order valence-corrected chi connectivity index (χ2v) is 8.51. The Labute approximate surface area is 139 Å². The summed E-state index contributed by atoms with van der Waals surface area (Å²) in [5.41, 5.74) is 0. The highest BCUT2D eigenvalue weighted by molar-refractivity contribution is 9.11. The normalized spacial score (nSPS) is 12.9. The smallest absolute Gasteiger partial charge is 0.124 e. The number of benzene rings is 1. The molecular weight excluding hydrogens is 369 g/mol. The first-order valence-corrected chi connectivity index (χ1v) is 9.25. The van der Waals surface area contributed by atoms with Crippen LogP contribution >= 0.6 is 38.6 Å². The van der Waals surface area contributed by atoms with E-state index >= 15 is 0 Å². The van der Waals surface area contributed by atoms with Crippen molar-refractivity contribution in [2.24, 2.45) is 0 Å². The number of thiophene rings is 2. The first-order chi connectivity index (χ1) is 10.2.